The van der Waals surface area contributed by atoms with E-state index in [0.717, 1.165) is 59.7 Å². The van der Waals surface area contributed by atoms with Gasteiger partial charge < -0.3 is 4.90 Å². The first-order valence-electron chi connectivity index (χ1n) is 10.9. The van der Waals surface area contributed by atoms with Gasteiger partial charge in [0.05, 0.1) is 5.69 Å². The summed E-state index contributed by atoms with van der Waals surface area (Å²) in [6.45, 7) is 8.64. The predicted molar refractivity (Wildman–Crippen MR) is 120 cm³/mol. The first kappa shape index (κ1) is 19.8. The topological polar surface area (TPSA) is 87.9 Å². The monoisotopic (exact) mass is 416 g/mol. The molecule has 0 bridgehead atoms. The lowest BCUT2D eigenvalue weighted by Crippen LogP contribution is -2.29. The summed E-state index contributed by atoms with van der Waals surface area (Å²) < 4.78 is 1.80. The van der Waals surface area contributed by atoms with Gasteiger partial charge in [0.25, 0.3) is 0 Å². The fourth-order valence-electron chi connectivity index (χ4n) is 4.55. The first-order chi connectivity index (χ1) is 15.0. The fraction of sp³-hybridized carbons (Fsp3) is 0.435. The molecule has 0 spiro atoms. The van der Waals surface area contributed by atoms with Crippen LogP contribution in [0.1, 0.15) is 55.2 Å². The van der Waals surface area contributed by atoms with Gasteiger partial charge >= 0.3 is 0 Å². The molecule has 4 aromatic heterocycles. The van der Waals surface area contributed by atoms with Crippen molar-refractivity contribution in [1.82, 2.24) is 39.7 Å². The van der Waals surface area contributed by atoms with E-state index in [1.54, 1.807) is 10.8 Å². The molecule has 0 unspecified atom stereocenters. The molecule has 1 fully saturated rings. The van der Waals surface area contributed by atoms with Crippen molar-refractivity contribution in [3.8, 4) is 22.8 Å². The van der Waals surface area contributed by atoms with Gasteiger partial charge in [0.1, 0.15) is 12.0 Å². The molecule has 4 aromatic rings. The van der Waals surface area contributed by atoms with E-state index in [-0.39, 0.29) is 5.92 Å². The Morgan fingerprint density at radius 1 is 1.10 bits per heavy atom. The van der Waals surface area contributed by atoms with Crippen molar-refractivity contribution >= 4 is 5.65 Å². The molecule has 0 aliphatic carbocycles. The van der Waals surface area contributed by atoms with Crippen LogP contribution in [-0.4, -0.2) is 59.8 Å². The van der Waals surface area contributed by atoms with Crippen LogP contribution < -0.4 is 0 Å². The minimum atomic E-state index is 0.257. The van der Waals surface area contributed by atoms with Crippen LogP contribution in [0.15, 0.2) is 31.0 Å². The largest absolute Gasteiger partial charge is 0.306 e. The summed E-state index contributed by atoms with van der Waals surface area (Å²) in [6.07, 6.45) is 9.86. The molecule has 1 aliphatic rings. The molecular formula is C23H28N8. The van der Waals surface area contributed by atoms with Crippen LogP contribution >= 0.6 is 0 Å². The highest BCUT2D eigenvalue weighted by molar-refractivity contribution is 5.73. The number of hydrogen-bond donors (Lipinski definition) is 1. The van der Waals surface area contributed by atoms with Crippen LogP contribution in [0.2, 0.25) is 0 Å². The first-order valence-corrected chi connectivity index (χ1v) is 10.9. The Labute approximate surface area is 181 Å². The molecule has 1 N–H and O–H groups in total. The molecule has 0 amide bonds. The Morgan fingerprint density at radius 3 is 2.55 bits per heavy atom. The maximum atomic E-state index is 4.73. The van der Waals surface area contributed by atoms with Crippen molar-refractivity contribution in [1.29, 1.82) is 0 Å². The summed E-state index contributed by atoms with van der Waals surface area (Å²) >= 11 is 0. The normalized spacial score (nSPS) is 15.9. The molecular weight excluding hydrogens is 388 g/mol. The average Bonchev–Trinajstić information content (AvgIpc) is 3.42. The van der Waals surface area contributed by atoms with Crippen LogP contribution in [0.25, 0.3) is 28.4 Å². The second-order valence-electron chi connectivity index (χ2n) is 8.87. The van der Waals surface area contributed by atoms with Gasteiger partial charge in [-0.05, 0) is 68.9 Å². The van der Waals surface area contributed by atoms with E-state index >= 15 is 0 Å². The number of hydrogen-bond acceptors (Lipinski definition) is 6. The number of piperidine rings is 1. The molecule has 1 saturated heterocycles. The number of H-pyrrole nitrogens is 1. The maximum Gasteiger partial charge on any atom is 0.177 e. The van der Waals surface area contributed by atoms with Crippen LogP contribution in [0.4, 0.5) is 0 Å². The highest BCUT2D eigenvalue weighted by atomic mass is 15.3. The zero-order valence-corrected chi connectivity index (χ0v) is 18.5. The Bertz CT molecular complexity index is 1200. The zero-order chi connectivity index (χ0) is 21.5. The fourth-order valence-corrected chi connectivity index (χ4v) is 4.55. The van der Waals surface area contributed by atoms with E-state index in [9.17, 15) is 0 Å². The van der Waals surface area contributed by atoms with E-state index in [4.69, 9.17) is 9.97 Å². The van der Waals surface area contributed by atoms with Crippen molar-refractivity contribution in [3.63, 3.8) is 0 Å². The molecule has 8 nitrogen and oxygen atoms in total. The summed E-state index contributed by atoms with van der Waals surface area (Å²) in [7, 11) is 2.18. The highest BCUT2D eigenvalue weighted by Crippen LogP contribution is 2.35. The Kier molecular flexibility index (Phi) is 5.02. The molecule has 160 valence electrons. The SMILES string of the molecule is Cc1cc(-c2n[nH]c(-c3ncc(C4CCN(C)CC4)cn3)c2C(C)C)cn2ncnc12. The van der Waals surface area contributed by atoms with Gasteiger partial charge in [0, 0.05) is 29.7 Å². The third kappa shape index (κ3) is 3.61. The van der Waals surface area contributed by atoms with Gasteiger partial charge in [-0.3, -0.25) is 5.10 Å². The second kappa shape index (κ2) is 7.85. The molecule has 0 aromatic carbocycles. The molecule has 0 atom stereocenters. The number of aromatic nitrogens is 7. The van der Waals surface area contributed by atoms with Crippen molar-refractivity contribution < 1.29 is 0 Å². The van der Waals surface area contributed by atoms with E-state index < -0.39 is 0 Å². The number of pyridine rings is 1. The molecule has 31 heavy (non-hydrogen) atoms. The van der Waals surface area contributed by atoms with E-state index in [1.807, 2.05) is 25.5 Å². The number of rotatable bonds is 4. The summed E-state index contributed by atoms with van der Waals surface area (Å²) in [5.41, 5.74) is 7.07. The highest BCUT2D eigenvalue weighted by Gasteiger charge is 2.23. The Hall–Kier alpha value is -3.13. The minimum Gasteiger partial charge on any atom is -0.306 e. The molecule has 5 rings (SSSR count). The van der Waals surface area contributed by atoms with Crippen molar-refractivity contribution in [2.24, 2.45) is 0 Å². The number of nitrogens with zero attached hydrogens (tertiary/aromatic N) is 7. The maximum absolute atomic E-state index is 4.73. The third-order valence-electron chi connectivity index (χ3n) is 6.30. The lowest BCUT2D eigenvalue weighted by Gasteiger charge is -2.28. The number of aryl methyl sites for hydroxylation is 1. The van der Waals surface area contributed by atoms with Gasteiger partial charge in [-0.2, -0.15) is 10.2 Å². The van der Waals surface area contributed by atoms with E-state index in [1.165, 1.54) is 5.56 Å². The predicted octanol–water partition coefficient (Wildman–Crippen LogP) is 3.82. The van der Waals surface area contributed by atoms with Gasteiger partial charge in [0.15, 0.2) is 11.5 Å². The minimum absolute atomic E-state index is 0.257. The number of aromatic amines is 1. The molecule has 0 radical (unpaired) electrons. The van der Waals surface area contributed by atoms with Gasteiger partial charge in [0.2, 0.25) is 0 Å². The number of fused-ring (bicyclic) bond motifs is 1. The quantitative estimate of drug-likeness (QED) is 0.544. The third-order valence-corrected chi connectivity index (χ3v) is 6.30. The smallest absolute Gasteiger partial charge is 0.177 e. The lowest BCUT2D eigenvalue weighted by molar-refractivity contribution is 0.255. The van der Waals surface area contributed by atoms with Gasteiger partial charge in [-0.1, -0.05) is 13.8 Å². The van der Waals surface area contributed by atoms with Crippen molar-refractivity contribution in [2.75, 3.05) is 20.1 Å². The lowest BCUT2D eigenvalue weighted by atomic mass is 9.91. The molecule has 0 saturated carbocycles. The zero-order valence-electron chi connectivity index (χ0n) is 18.5. The standard InChI is InChI=1S/C23H28N8/c1-14(2)19-20(17-9-15(3)23-26-13-27-31(23)12-17)28-29-21(19)22-24-10-18(11-25-22)16-5-7-30(4)8-6-16/h9-14,16H,5-8H2,1-4H3,(H,28,29). The number of likely N-dealkylation sites (tertiary alicyclic amines) is 1. The Morgan fingerprint density at radius 2 is 1.84 bits per heavy atom. The van der Waals surface area contributed by atoms with Crippen LogP contribution in [0, 0.1) is 6.92 Å². The van der Waals surface area contributed by atoms with Crippen molar-refractivity contribution in [3.05, 3.63) is 47.7 Å². The summed E-state index contributed by atoms with van der Waals surface area (Å²) in [4.78, 5) is 16.2. The van der Waals surface area contributed by atoms with Crippen LogP contribution in [0.3, 0.4) is 0 Å². The van der Waals surface area contributed by atoms with Crippen LogP contribution in [0.5, 0.6) is 0 Å². The average molecular weight is 417 g/mol. The Balaban J connectivity index is 1.51. The number of nitrogens with one attached hydrogen (secondary N) is 1. The molecule has 8 heteroatoms. The van der Waals surface area contributed by atoms with Gasteiger partial charge in [-0.25, -0.2) is 19.5 Å². The summed E-state index contributed by atoms with van der Waals surface area (Å²) in [5, 5.41) is 12.2. The molecule has 1 aliphatic heterocycles. The van der Waals surface area contributed by atoms with E-state index in [0.29, 0.717) is 11.7 Å². The van der Waals surface area contributed by atoms with Crippen LogP contribution in [-0.2, 0) is 0 Å². The van der Waals surface area contributed by atoms with Crippen molar-refractivity contribution in [2.45, 2.75) is 45.4 Å². The second-order valence-corrected chi connectivity index (χ2v) is 8.87. The summed E-state index contributed by atoms with van der Waals surface area (Å²) in [5.74, 6) is 1.50. The summed E-state index contributed by atoms with van der Waals surface area (Å²) in [6, 6.07) is 2.11. The van der Waals surface area contributed by atoms with Gasteiger partial charge in [-0.15, -0.1) is 0 Å². The van der Waals surface area contributed by atoms with E-state index in [2.05, 4.69) is 52.1 Å². The molecule has 5 heterocycles.